The summed E-state index contributed by atoms with van der Waals surface area (Å²) in [6.45, 7) is 5.40. The number of hydrogen-bond donors (Lipinski definition) is 0. The molecule has 0 aliphatic carbocycles. The highest BCUT2D eigenvalue weighted by atomic mass is 35.5. The van der Waals surface area contributed by atoms with Gasteiger partial charge < -0.3 is 0 Å². The van der Waals surface area contributed by atoms with E-state index in [2.05, 4.69) is 11.1 Å². The lowest BCUT2D eigenvalue weighted by atomic mass is 10.3. The van der Waals surface area contributed by atoms with Crippen LogP contribution in [0.5, 0.6) is 0 Å². The normalized spacial score (nSPS) is 12.5. The van der Waals surface area contributed by atoms with Crippen molar-refractivity contribution in [2.45, 2.75) is 6.92 Å². The topological polar surface area (TPSA) is 12.4 Å². The minimum absolute atomic E-state index is 0.995. The summed E-state index contributed by atoms with van der Waals surface area (Å²) in [6, 6.07) is 0. The maximum absolute atomic E-state index is 5.03. The van der Waals surface area contributed by atoms with Crippen molar-refractivity contribution in [1.82, 2.24) is 0 Å². The highest BCUT2D eigenvalue weighted by molar-refractivity contribution is 6.18. The quantitative estimate of drug-likeness (QED) is 0.401. The zero-order valence-electron chi connectivity index (χ0n) is 4.76. The van der Waals surface area contributed by atoms with Gasteiger partial charge in [0.1, 0.15) is 0 Å². The van der Waals surface area contributed by atoms with E-state index in [-0.39, 0.29) is 0 Å². The molecule has 0 amide bonds. The Balaban J connectivity index is 3.79. The number of nitrogens with zero attached hydrogens (tertiary/aromatic N) is 1. The molecule has 1 nitrogen and oxygen atoms in total. The van der Waals surface area contributed by atoms with E-state index in [0.29, 0.717) is 0 Å². The Labute approximate surface area is 54.5 Å². The summed E-state index contributed by atoms with van der Waals surface area (Å²) in [7, 11) is 0. The summed E-state index contributed by atoms with van der Waals surface area (Å²) in [4.78, 5) is 0. The van der Waals surface area contributed by atoms with Crippen molar-refractivity contribution < 1.29 is 0 Å². The average Bonchev–Trinajstić information content (AvgIpc) is 1.68. The largest absolute Gasteiger partial charge is 0.186 e. The molecule has 44 valence electrons. The maximum atomic E-state index is 5.03. The molecule has 0 heterocycles. The molecule has 0 aromatic carbocycles. The Hall–Kier alpha value is -0.560. The van der Waals surface area contributed by atoms with E-state index in [1.807, 2.05) is 13.0 Å². The van der Waals surface area contributed by atoms with Crippen LogP contribution in [0.4, 0.5) is 0 Å². The van der Waals surface area contributed by atoms with E-state index < -0.39 is 0 Å². The van der Waals surface area contributed by atoms with Crippen LogP contribution in [0, 0.1) is 0 Å². The number of hydrogen-bond acceptors (Lipinski definition) is 1. The van der Waals surface area contributed by atoms with Crippen LogP contribution in [0.15, 0.2) is 28.8 Å². The zero-order chi connectivity index (χ0) is 6.41. The lowest BCUT2D eigenvalue weighted by molar-refractivity contribution is 1.61. The van der Waals surface area contributed by atoms with Crippen LogP contribution >= 0.6 is 11.8 Å². The minimum Gasteiger partial charge on any atom is -0.186 e. The smallest absolute Gasteiger partial charge is 0.0444 e. The van der Waals surface area contributed by atoms with Crippen LogP contribution in [0.1, 0.15) is 6.92 Å². The van der Waals surface area contributed by atoms with E-state index in [0.717, 1.165) is 5.57 Å². The monoisotopic (exact) mass is 129 g/mol. The minimum atomic E-state index is 0.995. The molecule has 0 atom stereocenters. The van der Waals surface area contributed by atoms with Gasteiger partial charge in [0.2, 0.25) is 0 Å². The first-order valence-electron chi connectivity index (χ1n) is 2.25. The second-order valence-electron chi connectivity index (χ2n) is 1.37. The molecule has 0 aromatic rings. The van der Waals surface area contributed by atoms with Gasteiger partial charge >= 0.3 is 0 Å². The number of rotatable bonds is 2. The molecular weight excluding hydrogens is 122 g/mol. The summed E-state index contributed by atoms with van der Waals surface area (Å²) in [5.41, 5.74) is 0.995. The Morgan fingerprint density at radius 2 is 2.38 bits per heavy atom. The number of halogens is 1. The van der Waals surface area contributed by atoms with E-state index in [1.54, 1.807) is 12.3 Å². The Bertz CT molecular complexity index is 124. The molecular formula is C6H8ClN. The van der Waals surface area contributed by atoms with Gasteiger partial charge in [-0.2, -0.15) is 4.51 Å². The van der Waals surface area contributed by atoms with Gasteiger partial charge in [-0.05, 0) is 12.5 Å². The standard InChI is InChI=1S/C6H8ClN/c1-3-4-6(2)5-8-7/h3-5H,1H2,2H3/b6-4-,8-5-. The predicted molar refractivity (Wildman–Crippen MR) is 38.3 cm³/mol. The predicted octanol–water partition coefficient (Wildman–Crippen LogP) is 2.34. The average molecular weight is 130 g/mol. The first-order valence-corrected chi connectivity index (χ1v) is 2.58. The third-order valence-electron chi connectivity index (χ3n) is 0.633. The van der Waals surface area contributed by atoms with Gasteiger partial charge in [-0.15, -0.1) is 0 Å². The SMILES string of the molecule is C=C/C=C(C)\C=N/Cl. The zero-order valence-corrected chi connectivity index (χ0v) is 5.52. The van der Waals surface area contributed by atoms with Gasteiger partial charge in [0.25, 0.3) is 0 Å². The van der Waals surface area contributed by atoms with Crippen molar-refractivity contribution in [3.63, 3.8) is 0 Å². The fourth-order valence-corrected chi connectivity index (χ4v) is 0.460. The summed E-state index contributed by atoms with van der Waals surface area (Å²) >= 11 is 5.03. The first kappa shape index (κ1) is 7.44. The van der Waals surface area contributed by atoms with Crippen molar-refractivity contribution in [3.05, 3.63) is 24.3 Å². The lowest BCUT2D eigenvalue weighted by Gasteiger charge is -1.80. The number of allylic oxidation sites excluding steroid dienone is 3. The molecule has 0 unspecified atom stereocenters. The van der Waals surface area contributed by atoms with Crippen LogP contribution in [0.3, 0.4) is 0 Å². The maximum Gasteiger partial charge on any atom is 0.0444 e. The van der Waals surface area contributed by atoms with Crippen molar-refractivity contribution >= 4 is 18.0 Å². The first-order chi connectivity index (χ1) is 3.81. The summed E-state index contributed by atoms with van der Waals surface area (Å²) in [6.07, 6.45) is 5.07. The molecule has 0 fully saturated rings. The van der Waals surface area contributed by atoms with Crippen LogP contribution in [0.2, 0.25) is 0 Å². The molecule has 8 heavy (non-hydrogen) atoms. The summed E-state index contributed by atoms with van der Waals surface area (Å²) in [5.74, 6) is 0. The van der Waals surface area contributed by atoms with Crippen LogP contribution in [-0.4, -0.2) is 6.21 Å². The van der Waals surface area contributed by atoms with Gasteiger partial charge in [0, 0.05) is 18.0 Å². The molecule has 0 spiro atoms. The molecule has 0 saturated heterocycles. The molecule has 0 N–H and O–H groups in total. The fraction of sp³-hybridized carbons (Fsp3) is 0.167. The van der Waals surface area contributed by atoms with E-state index >= 15 is 0 Å². The van der Waals surface area contributed by atoms with Crippen LogP contribution in [-0.2, 0) is 0 Å². The molecule has 0 aliphatic rings. The van der Waals surface area contributed by atoms with Crippen molar-refractivity contribution in [2.75, 3.05) is 0 Å². The lowest BCUT2D eigenvalue weighted by Crippen LogP contribution is -1.71. The van der Waals surface area contributed by atoms with Gasteiger partial charge in [0.15, 0.2) is 0 Å². The van der Waals surface area contributed by atoms with E-state index in [4.69, 9.17) is 11.8 Å². The fourth-order valence-electron chi connectivity index (χ4n) is 0.306. The highest BCUT2D eigenvalue weighted by Gasteiger charge is 1.74. The summed E-state index contributed by atoms with van der Waals surface area (Å²) < 4.78 is 3.29. The van der Waals surface area contributed by atoms with Crippen molar-refractivity contribution in [3.8, 4) is 0 Å². The van der Waals surface area contributed by atoms with Crippen molar-refractivity contribution in [2.24, 2.45) is 4.51 Å². The van der Waals surface area contributed by atoms with Gasteiger partial charge in [-0.1, -0.05) is 18.7 Å². The Kier molecular flexibility index (Phi) is 4.27. The second-order valence-corrected chi connectivity index (χ2v) is 1.57. The van der Waals surface area contributed by atoms with E-state index in [1.165, 1.54) is 0 Å². The van der Waals surface area contributed by atoms with Gasteiger partial charge in [-0.3, -0.25) is 0 Å². The van der Waals surface area contributed by atoms with Crippen LogP contribution in [0.25, 0.3) is 0 Å². The van der Waals surface area contributed by atoms with Crippen molar-refractivity contribution in [1.29, 1.82) is 0 Å². The molecule has 0 aromatic heterocycles. The molecule has 0 aliphatic heterocycles. The molecule has 0 rings (SSSR count). The Morgan fingerprint density at radius 1 is 1.75 bits per heavy atom. The van der Waals surface area contributed by atoms with Crippen LogP contribution < -0.4 is 0 Å². The molecule has 0 bridgehead atoms. The third kappa shape index (κ3) is 3.62. The molecule has 0 radical (unpaired) electrons. The molecule has 0 saturated carbocycles. The van der Waals surface area contributed by atoms with E-state index in [9.17, 15) is 0 Å². The van der Waals surface area contributed by atoms with Gasteiger partial charge in [0.05, 0.1) is 0 Å². The second kappa shape index (κ2) is 4.60. The Morgan fingerprint density at radius 3 is 2.75 bits per heavy atom. The van der Waals surface area contributed by atoms with Gasteiger partial charge in [-0.25, -0.2) is 0 Å². The summed E-state index contributed by atoms with van der Waals surface area (Å²) in [5, 5.41) is 0. The highest BCUT2D eigenvalue weighted by Crippen LogP contribution is 1.87. The third-order valence-corrected chi connectivity index (χ3v) is 0.731. The molecule has 2 heteroatoms.